The van der Waals surface area contributed by atoms with Gasteiger partial charge in [-0.15, -0.1) is 0 Å². The molecule has 2 fully saturated rings. The summed E-state index contributed by atoms with van der Waals surface area (Å²) in [4.78, 5) is 18.3. The predicted octanol–water partition coefficient (Wildman–Crippen LogP) is 3.45. The summed E-state index contributed by atoms with van der Waals surface area (Å²) in [5.41, 5.74) is 10.8. The van der Waals surface area contributed by atoms with Crippen LogP contribution in [0.25, 0.3) is 33.7 Å². The van der Waals surface area contributed by atoms with E-state index in [0.717, 1.165) is 61.5 Å². The Balaban J connectivity index is 1.49. The molecule has 0 unspecified atom stereocenters. The summed E-state index contributed by atoms with van der Waals surface area (Å²) in [5, 5.41) is 13.4. The molecule has 4 aromatic heterocycles. The van der Waals surface area contributed by atoms with Crippen LogP contribution in [-0.4, -0.2) is 48.0 Å². The van der Waals surface area contributed by atoms with Crippen molar-refractivity contribution in [2.24, 2.45) is 0 Å². The van der Waals surface area contributed by atoms with Gasteiger partial charge in [-0.3, -0.25) is 9.97 Å². The molecule has 1 aliphatic heterocycles. The Hall–Kier alpha value is -3.40. The summed E-state index contributed by atoms with van der Waals surface area (Å²) in [6, 6.07) is 0.0952. The minimum absolute atomic E-state index is 0.0952. The predicted molar refractivity (Wildman–Crippen MR) is 123 cm³/mol. The number of hydrogen-bond acceptors (Lipinski definition) is 9. The Bertz CT molecular complexity index is 1300. The van der Waals surface area contributed by atoms with Gasteiger partial charge in [0, 0.05) is 24.1 Å². The maximum Gasteiger partial charge on any atom is 0.164 e. The first-order valence-corrected chi connectivity index (χ1v) is 11.6. The van der Waals surface area contributed by atoms with Crippen molar-refractivity contribution in [3.63, 3.8) is 0 Å². The summed E-state index contributed by atoms with van der Waals surface area (Å²) in [7, 11) is 0. The minimum atomic E-state index is 0.0952. The SMILES string of the molecule is CC(C)n1nc(-c2noc(C3CC3)c2-c2cnc(C3CCNCC3)cn2)c2c(N)ncnc21. The van der Waals surface area contributed by atoms with Crippen LogP contribution in [0.5, 0.6) is 0 Å². The lowest BCUT2D eigenvalue weighted by molar-refractivity contribution is 0.386. The fourth-order valence-electron chi connectivity index (χ4n) is 4.65. The smallest absolute Gasteiger partial charge is 0.164 e. The van der Waals surface area contributed by atoms with Crippen LogP contribution >= 0.6 is 0 Å². The molecule has 1 saturated carbocycles. The summed E-state index contributed by atoms with van der Waals surface area (Å²) in [6.45, 7) is 6.15. The highest BCUT2D eigenvalue weighted by Crippen LogP contribution is 2.48. The van der Waals surface area contributed by atoms with Gasteiger partial charge in [0.05, 0.1) is 28.5 Å². The number of nitrogens with zero attached hydrogens (tertiary/aromatic N) is 7. The zero-order valence-electron chi connectivity index (χ0n) is 18.8. The monoisotopic (exact) mass is 445 g/mol. The van der Waals surface area contributed by atoms with Crippen molar-refractivity contribution in [1.82, 2.24) is 40.2 Å². The lowest BCUT2D eigenvalue weighted by Gasteiger charge is -2.21. The van der Waals surface area contributed by atoms with Gasteiger partial charge in [-0.25, -0.2) is 14.6 Å². The third-order valence-corrected chi connectivity index (χ3v) is 6.58. The van der Waals surface area contributed by atoms with Crippen LogP contribution in [-0.2, 0) is 0 Å². The third-order valence-electron chi connectivity index (χ3n) is 6.58. The number of aromatic nitrogens is 7. The molecule has 4 aromatic rings. The van der Waals surface area contributed by atoms with Crippen LogP contribution in [0.4, 0.5) is 5.82 Å². The van der Waals surface area contributed by atoms with Gasteiger partial charge in [0.15, 0.2) is 5.65 Å². The zero-order chi connectivity index (χ0) is 22.5. The molecule has 0 atom stereocenters. The fraction of sp³-hybridized carbons (Fsp3) is 0.478. The highest BCUT2D eigenvalue weighted by molar-refractivity contribution is 6.00. The van der Waals surface area contributed by atoms with E-state index in [1.807, 2.05) is 17.1 Å². The van der Waals surface area contributed by atoms with Gasteiger partial charge in [0.25, 0.3) is 0 Å². The number of fused-ring (bicyclic) bond motifs is 1. The molecule has 170 valence electrons. The van der Waals surface area contributed by atoms with Crippen molar-refractivity contribution in [1.29, 1.82) is 0 Å². The van der Waals surface area contributed by atoms with Gasteiger partial charge in [0.1, 0.15) is 29.3 Å². The van der Waals surface area contributed by atoms with Crippen LogP contribution in [0.1, 0.15) is 68.9 Å². The molecule has 2 aliphatic rings. The Labute approximate surface area is 191 Å². The summed E-state index contributed by atoms with van der Waals surface area (Å²) >= 11 is 0. The van der Waals surface area contributed by atoms with Crippen LogP contribution < -0.4 is 11.1 Å². The standard InChI is InChI=1S/C23H27N9O/c1-12(2)32-23-18(22(24)28-11-29-23)19(30-32)20-17(21(33-31-20)14-3-4-14)16-10-26-15(9-27-16)13-5-7-25-8-6-13/h9-14,25H,3-8H2,1-2H3,(H2,24,28,29). The van der Waals surface area contributed by atoms with E-state index in [1.165, 1.54) is 6.33 Å². The zero-order valence-corrected chi connectivity index (χ0v) is 18.8. The molecule has 10 nitrogen and oxygen atoms in total. The second-order valence-electron chi connectivity index (χ2n) is 9.24. The number of nitrogens with two attached hydrogens (primary N) is 1. The molecular formula is C23H27N9O. The molecule has 3 N–H and O–H groups in total. The number of nitrogens with one attached hydrogen (secondary N) is 1. The van der Waals surface area contributed by atoms with E-state index in [9.17, 15) is 0 Å². The molecule has 0 amide bonds. The number of piperidine rings is 1. The van der Waals surface area contributed by atoms with Gasteiger partial charge < -0.3 is 15.6 Å². The van der Waals surface area contributed by atoms with Crippen molar-refractivity contribution in [2.45, 2.75) is 57.4 Å². The van der Waals surface area contributed by atoms with E-state index in [2.05, 4.69) is 34.3 Å². The lowest BCUT2D eigenvalue weighted by Crippen LogP contribution is -2.27. The molecule has 0 spiro atoms. The Morgan fingerprint density at radius 1 is 1.00 bits per heavy atom. The van der Waals surface area contributed by atoms with Crippen LogP contribution in [0.3, 0.4) is 0 Å². The largest absolute Gasteiger partial charge is 0.383 e. The number of hydrogen-bond donors (Lipinski definition) is 2. The van der Waals surface area contributed by atoms with Gasteiger partial charge in [-0.1, -0.05) is 5.16 Å². The molecule has 1 saturated heterocycles. The first-order valence-electron chi connectivity index (χ1n) is 11.6. The van der Waals surface area contributed by atoms with Crippen LogP contribution in [0.2, 0.25) is 0 Å². The van der Waals surface area contributed by atoms with E-state index < -0.39 is 0 Å². The third kappa shape index (κ3) is 3.45. The highest BCUT2D eigenvalue weighted by Gasteiger charge is 2.35. The molecule has 6 rings (SSSR count). The number of nitrogen functional groups attached to an aromatic ring is 1. The Kier molecular flexibility index (Phi) is 4.83. The van der Waals surface area contributed by atoms with Crippen molar-refractivity contribution < 1.29 is 4.52 Å². The van der Waals surface area contributed by atoms with E-state index in [1.54, 1.807) is 0 Å². The molecule has 10 heteroatoms. The van der Waals surface area contributed by atoms with Crippen molar-refractivity contribution in [3.8, 4) is 22.6 Å². The Morgan fingerprint density at radius 3 is 2.52 bits per heavy atom. The number of rotatable bonds is 5. The molecule has 0 radical (unpaired) electrons. The van der Waals surface area contributed by atoms with Crippen molar-refractivity contribution >= 4 is 16.9 Å². The Morgan fingerprint density at radius 2 is 1.82 bits per heavy atom. The normalized spacial score (nSPS) is 17.3. The first-order chi connectivity index (χ1) is 16.1. The van der Waals surface area contributed by atoms with E-state index in [-0.39, 0.29) is 6.04 Å². The lowest BCUT2D eigenvalue weighted by atomic mass is 9.95. The average molecular weight is 446 g/mol. The van der Waals surface area contributed by atoms with Crippen molar-refractivity contribution in [2.75, 3.05) is 18.8 Å². The van der Waals surface area contributed by atoms with E-state index >= 15 is 0 Å². The average Bonchev–Trinajstić information content (AvgIpc) is 3.46. The van der Waals surface area contributed by atoms with Crippen molar-refractivity contribution in [3.05, 3.63) is 30.2 Å². The molecule has 33 heavy (non-hydrogen) atoms. The number of anilines is 1. The molecule has 1 aliphatic carbocycles. The van der Waals surface area contributed by atoms with Crippen LogP contribution in [0, 0.1) is 0 Å². The van der Waals surface area contributed by atoms with E-state index in [0.29, 0.717) is 40.1 Å². The molecule has 5 heterocycles. The topological polar surface area (TPSA) is 133 Å². The molecule has 0 aromatic carbocycles. The summed E-state index contributed by atoms with van der Waals surface area (Å²) < 4.78 is 7.73. The first kappa shape index (κ1) is 20.2. The second kappa shape index (κ2) is 7.87. The van der Waals surface area contributed by atoms with Crippen LogP contribution in [0.15, 0.2) is 23.2 Å². The van der Waals surface area contributed by atoms with Gasteiger partial charge in [0.2, 0.25) is 0 Å². The minimum Gasteiger partial charge on any atom is -0.383 e. The van der Waals surface area contributed by atoms with E-state index in [4.69, 9.17) is 25.3 Å². The second-order valence-corrected chi connectivity index (χ2v) is 9.24. The maximum absolute atomic E-state index is 6.28. The van der Waals surface area contributed by atoms with Gasteiger partial charge >= 0.3 is 0 Å². The molecule has 0 bridgehead atoms. The maximum atomic E-state index is 6.28. The molecular weight excluding hydrogens is 418 g/mol. The fourth-order valence-corrected chi connectivity index (χ4v) is 4.65. The quantitative estimate of drug-likeness (QED) is 0.474. The highest BCUT2D eigenvalue weighted by atomic mass is 16.5. The van der Waals surface area contributed by atoms with Gasteiger partial charge in [-0.2, -0.15) is 5.10 Å². The summed E-state index contributed by atoms with van der Waals surface area (Å²) in [5.74, 6) is 2.01. The van der Waals surface area contributed by atoms with Gasteiger partial charge in [-0.05, 0) is 52.6 Å². The summed E-state index contributed by atoms with van der Waals surface area (Å²) in [6.07, 6.45) is 9.53.